The number of aromatic nitrogens is 2. The largest absolute Gasteiger partial charge is 0.522 e. The van der Waals surface area contributed by atoms with Crippen molar-refractivity contribution >= 4 is 22.6 Å². The van der Waals surface area contributed by atoms with E-state index in [1.165, 1.54) is 29.4 Å². The van der Waals surface area contributed by atoms with Gasteiger partial charge in [0.25, 0.3) is 6.43 Å². The zero-order valence-electron chi connectivity index (χ0n) is 16.3. The molecule has 0 saturated carbocycles. The van der Waals surface area contributed by atoms with Crippen molar-refractivity contribution in [2.45, 2.75) is 57.7 Å². The minimum absolute atomic E-state index is 0.0742. The lowest BCUT2D eigenvalue weighted by Gasteiger charge is -2.39. The molecule has 3 atom stereocenters. The Morgan fingerprint density at radius 1 is 1.30 bits per heavy atom. The summed E-state index contributed by atoms with van der Waals surface area (Å²) in [6, 6.07) is 2.81. The van der Waals surface area contributed by atoms with E-state index >= 15 is 0 Å². The molecule has 1 aliphatic heterocycles. The number of nitrogens with one attached hydrogen (secondary N) is 1. The van der Waals surface area contributed by atoms with Gasteiger partial charge in [-0.25, -0.2) is 18.7 Å². The summed E-state index contributed by atoms with van der Waals surface area (Å²) in [5.74, 6) is 0.00790. The van der Waals surface area contributed by atoms with E-state index in [0.29, 0.717) is 16.7 Å². The predicted octanol–water partition coefficient (Wildman–Crippen LogP) is 4.28. The van der Waals surface area contributed by atoms with Gasteiger partial charge in [0.1, 0.15) is 18.2 Å². The number of amides is 1. The Labute approximate surface area is 169 Å². The first-order valence-corrected chi connectivity index (χ1v) is 9.39. The van der Waals surface area contributed by atoms with Gasteiger partial charge in [0.15, 0.2) is 0 Å². The van der Waals surface area contributed by atoms with Gasteiger partial charge >= 0.3 is 6.36 Å². The second-order valence-electron chi connectivity index (χ2n) is 7.26. The highest BCUT2D eigenvalue weighted by atomic mass is 19.4. The van der Waals surface area contributed by atoms with Crippen molar-refractivity contribution < 1.29 is 31.5 Å². The third kappa shape index (κ3) is 5.13. The van der Waals surface area contributed by atoms with Crippen molar-refractivity contribution in [3.63, 3.8) is 0 Å². The summed E-state index contributed by atoms with van der Waals surface area (Å²) in [5.41, 5.74) is 0.137. The SMILES string of the molecule is C[C@@H](Nc1ncnc2cc(C(F)F)ccc12)C(=O)N1CC[C@@H](OC(F)(F)F)C[C@@H]1C. The molecule has 0 unspecified atom stereocenters. The fourth-order valence-corrected chi connectivity index (χ4v) is 3.59. The number of hydrogen-bond donors (Lipinski definition) is 1. The van der Waals surface area contributed by atoms with Crippen LogP contribution in [0.5, 0.6) is 0 Å². The van der Waals surface area contributed by atoms with Crippen LogP contribution in [0.4, 0.5) is 27.8 Å². The van der Waals surface area contributed by atoms with Crippen LogP contribution >= 0.6 is 0 Å². The predicted molar refractivity (Wildman–Crippen MR) is 98.9 cm³/mol. The Bertz CT molecular complexity index is 908. The van der Waals surface area contributed by atoms with Crippen LogP contribution in [-0.2, 0) is 9.53 Å². The van der Waals surface area contributed by atoms with Gasteiger partial charge in [-0.15, -0.1) is 13.2 Å². The fraction of sp³-hybridized carbons (Fsp3) is 0.526. The van der Waals surface area contributed by atoms with Crippen molar-refractivity contribution in [3.8, 4) is 0 Å². The highest BCUT2D eigenvalue weighted by Gasteiger charge is 2.38. The summed E-state index contributed by atoms with van der Waals surface area (Å²) < 4.78 is 67.1. The maximum absolute atomic E-state index is 12.9. The van der Waals surface area contributed by atoms with Crippen LogP contribution in [0.2, 0.25) is 0 Å². The summed E-state index contributed by atoms with van der Waals surface area (Å²) in [6.07, 6.45) is -6.96. The molecule has 0 bridgehead atoms. The summed E-state index contributed by atoms with van der Waals surface area (Å²) >= 11 is 0. The number of anilines is 1. The lowest BCUT2D eigenvalue weighted by molar-refractivity contribution is -0.346. The number of piperidine rings is 1. The molecule has 6 nitrogen and oxygen atoms in total. The topological polar surface area (TPSA) is 67.4 Å². The standard InChI is InChI=1S/C19H21F5N4O2/c1-10-7-13(30-19(22,23)24)5-6-28(10)18(29)11(2)27-17-14-4-3-12(16(20)21)8-15(14)25-9-26-17/h3-4,8-11,13,16H,5-7H2,1-2H3,(H,25,26,27)/t10-,11+,13+/m0/s1. The maximum Gasteiger partial charge on any atom is 0.522 e. The number of carbonyl (C=O) groups is 1. The number of ether oxygens (including phenoxy) is 1. The summed E-state index contributed by atoms with van der Waals surface area (Å²) in [6.45, 7) is 3.41. The molecule has 11 heteroatoms. The Hall–Kier alpha value is -2.56. The molecule has 1 aromatic heterocycles. The lowest BCUT2D eigenvalue weighted by atomic mass is 9.99. The normalized spacial score (nSPS) is 21.1. The molecule has 30 heavy (non-hydrogen) atoms. The molecule has 1 N–H and O–H groups in total. The van der Waals surface area contributed by atoms with Crippen LogP contribution in [0.3, 0.4) is 0 Å². The van der Waals surface area contributed by atoms with Gasteiger partial charge in [0.2, 0.25) is 5.91 Å². The van der Waals surface area contributed by atoms with Gasteiger partial charge in [-0.3, -0.25) is 9.53 Å². The Morgan fingerprint density at radius 2 is 2.03 bits per heavy atom. The van der Waals surface area contributed by atoms with Crippen molar-refractivity contribution in [1.82, 2.24) is 14.9 Å². The monoisotopic (exact) mass is 432 g/mol. The molecule has 0 spiro atoms. The Balaban J connectivity index is 1.69. The van der Waals surface area contributed by atoms with Crippen LogP contribution < -0.4 is 5.32 Å². The summed E-state index contributed by atoms with van der Waals surface area (Å²) in [7, 11) is 0. The van der Waals surface area contributed by atoms with Crippen LogP contribution in [0.15, 0.2) is 24.5 Å². The van der Waals surface area contributed by atoms with Crippen molar-refractivity contribution in [1.29, 1.82) is 0 Å². The van der Waals surface area contributed by atoms with E-state index in [-0.39, 0.29) is 30.9 Å². The van der Waals surface area contributed by atoms with E-state index < -0.39 is 31.0 Å². The van der Waals surface area contributed by atoms with Crippen molar-refractivity contribution in [2.75, 3.05) is 11.9 Å². The molecular formula is C19H21F5N4O2. The van der Waals surface area contributed by atoms with E-state index in [4.69, 9.17) is 0 Å². The third-order valence-corrected chi connectivity index (χ3v) is 5.05. The maximum atomic E-state index is 12.9. The van der Waals surface area contributed by atoms with Gasteiger partial charge in [-0.2, -0.15) is 0 Å². The number of rotatable bonds is 5. The smallest absolute Gasteiger partial charge is 0.358 e. The first kappa shape index (κ1) is 22.1. The molecule has 3 rings (SSSR count). The Morgan fingerprint density at radius 3 is 2.67 bits per heavy atom. The molecule has 1 saturated heterocycles. The van der Waals surface area contributed by atoms with Gasteiger partial charge in [0.05, 0.1) is 11.6 Å². The van der Waals surface area contributed by atoms with E-state index in [1.54, 1.807) is 13.8 Å². The molecule has 0 radical (unpaired) electrons. The third-order valence-electron chi connectivity index (χ3n) is 5.05. The fourth-order valence-electron chi connectivity index (χ4n) is 3.59. The molecule has 1 amide bonds. The van der Waals surface area contributed by atoms with E-state index in [9.17, 15) is 26.7 Å². The number of likely N-dealkylation sites (tertiary alicyclic amines) is 1. The first-order chi connectivity index (χ1) is 14.0. The average molecular weight is 432 g/mol. The molecule has 1 aliphatic rings. The van der Waals surface area contributed by atoms with Crippen molar-refractivity contribution in [2.24, 2.45) is 0 Å². The zero-order chi connectivity index (χ0) is 22.1. The highest BCUT2D eigenvalue weighted by Crippen LogP contribution is 2.29. The van der Waals surface area contributed by atoms with Gasteiger partial charge in [-0.05, 0) is 38.8 Å². The molecule has 0 aliphatic carbocycles. The summed E-state index contributed by atoms with van der Waals surface area (Å²) in [5, 5.41) is 3.44. The molecule has 1 aromatic carbocycles. The molecule has 164 valence electrons. The van der Waals surface area contributed by atoms with E-state index in [2.05, 4.69) is 20.0 Å². The van der Waals surface area contributed by atoms with E-state index in [0.717, 1.165) is 0 Å². The van der Waals surface area contributed by atoms with E-state index in [1.807, 2.05) is 0 Å². The molecule has 1 fully saturated rings. The second-order valence-corrected chi connectivity index (χ2v) is 7.26. The highest BCUT2D eigenvalue weighted by molar-refractivity contribution is 5.92. The minimum atomic E-state index is -4.70. The number of benzene rings is 1. The molecular weight excluding hydrogens is 411 g/mol. The van der Waals surface area contributed by atoms with Crippen molar-refractivity contribution in [3.05, 3.63) is 30.1 Å². The average Bonchev–Trinajstić information content (AvgIpc) is 2.66. The minimum Gasteiger partial charge on any atom is -0.358 e. The van der Waals surface area contributed by atoms with Gasteiger partial charge < -0.3 is 10.2 Å². The number of nitrogens with zero attached hydrogens (tertiary/aromatic N) is 3. The van der Waals surface area contributed by atoms with Crippen LogP contribution in [-0.4, -0.2) is 51.9 Å². The van der Waals surface area contributed by atoms with Crippen LogP contribution in [0.1, 0.15) is 38.7 Å². The zero-order valence-corrected chi connectivity index (χ0v) is 16.3. The van der Waals surface area contributed by atoms with Gasteiger partial charge in [0, 0.05) is 23.5 Å². The Kier molecular flexibility index (Phi) is 6.39. The quantitative estimate of drug-likeness (QED) is 0.715. The van der Waals surface area contributed by atoms with Gasteiger partial charge in [-0.1, -0.05) is 6.07 Å². The molecule has 2 heterocycles. The number of halogens is 5. The number of hydrogen-bond acceptors (Lipinski definition) is 5. The van der Waals surface area contributed by atoms with Crippen LogP contribution in [0.25, 0.3) is 10.9 Å². The number of fused-ring (bicyclic) bond motifs is 1. The number of carbonyl (C=O) groups excluding carboxylic acids is 1. The number of alkyl halides is 5. The first-order valence-electron chi connectivity index (χ1n) is 9.39. The second kappa shape index (κ2) is 8.66. The lowest BCUT2D eigenvalue weighted by Crippen LogP contribution is -2.51. The summed E-state index contributed by atoms with van der Waals surface area (Å²) in [4.78, 5) is 22.4. The molecule has 2 aromatic rings. The van der Waals surface area contributed by atoms with Crippen LogP contribution in [0, 0.1) is 0 Å².